The highest BCUT2D eigenvalue weighted by Gasteiger charge is 2.06. The first-order valence-electron chi connectivity index (χ1n) is 5.18. The number of aromatic nitrogens is 1. The van der Waals surface area contributed by atoms with Crippen LogP contribution < -0.4 is 5.32 Å². The fourth-order valence-electron chi connectivity index (χ4n) is 1.16. The second-order valence-electron chi connectivity index (χ2n) is 3.48. The minimum atomic E-state index is 0.0766. The second kappa shape index (κ2) is 6.45. The van der Waals surface area contributed by atoms with Gasteiger partial charge < -0.3 is 10.2 Å². The Labute approximate surface area is 101 Å². The number of carbonyl (C=O) groups is 1. The van der Waals surface area contributed by atoms with Crippen LogP contribution in [-0.2, 0) is 11.3 Å². The van der Waals surface area contributed by atoms with E-state index < -0.39 is 0 Å². The molecule has 1 N–H and O–H groups in total. The number of amides is 1. The van der Waals surface area contributed by atoms with Crippen molar-refractivity contribution in [1.82, 2.24) is 15.2 Å². The van der Waals surface area contributed by atoms with Crippen molar-refractivity contribution in [3.63, 3.8) is 0 Å². The maximum absolute atomic E-state index is 11.5. The van der Waals surface area contributed by atoms with Crippen LogP contribution in [0.3, 0.4) is 0 Å². The lowest BCUT2D eigenvalue weighted by molar-refractivity contribution is -0.128. The molecule has 0 atom stereocenters. The van der Waals surface area contributed by atoms with Gasteiger partial charge in [0.25, 0.3) is 0 Å². The molecule has 1 aromatic rings. The lowest BCUT2D eigenvalue weighted by Gasteiger charge is -2.14. The fourth-order valence-corrected chi connectivity index (χ4v) is 1.35. The van der Waals surface area contributed by atoms with Crippen molar-refractivity contribution in [3.05, 3.63) is 29.0 Å². The minimum absolute atomic E-state index is 0.0766. The van der Waals surface area contributed by atoms with Crippen LogP contribution in [0.2, 0.25) is 5.02 Å². The molecule has 16 heavy (non-hydrogen) atoms. The lowest BCUT2D eigenvalue weighted by Crippen LogP contribution is -2.35. The Morgan fingerprint density at radius 3 is 3.00 bits per heavy atom. The Bertz CT molecular complexity index is 357. The number of hydrogen-bond donors (Lipinski definition) is 1. The Morgan fingerprint density at radius 1 is 1.62 bits per heavy atom. The zero-order chi connectivity index (χ0) is 12.0. The summed E-state index contributed by atoms with van der Waals surface area (Å²) >= 11 is 5.93. The summed E-state index contributed by atoms with van der Waals surface area (Å²) in [5, 5.41) is 3.67. The van der Waals surface area contributed by atoms with E-state index in [4.69, 9.17) is 11.6 Å². The molecule has 4 nitrogen and oxygen atoms in total. The molecule has 0 aliphatic heterocycles. The molecule has 0 fully saturated rings. The summed E-state index contributed by atoms with van der Waals surface area (Å²) in [5.41, 5.74) is 0.948. The van der Waals surface area contributed by atoms with Crippen LogP contribution in [0.1, 0.15) is 12.5 Å². The first kappa shape index (κ1) is 12.9. The minimum Gasteiger partial charge on any atom is -0.345 e. The van der Waals surface area contributed by atoms with E-state index in [-0.39, 0.29) is 5.91 Å². The van der Waals surface area contributed by atoms with Gasteiger partial charge >= 0.3 is 0 Å². The molecule has 88 valence electrons. The highest BCUT2D eigenvalue weighted by atomic mass is 35.5. The molecule has 0 radical (unpaired) electrons. The van der Waals surface area contributed by atoms with Crippen LogP contribution in [0.5, 0.6) is 0 Å². The van der Waals surface area contributed by atoms with Gasteiger partial charge in [-0.1, -0.05) is 11.6 Å². The number of carbonyl (C=O) groups excluding carboxylic acids is 1. The molecule has 0 saturated carbocycles. The molecule has 0 aliphatic carbocycles. The molecule has 5 heteroatoms. The van der Waals surface area contributed by atoms with Crippen LogP contribution in [0.4, 0.5) is 0 Å². The third-order valence-electron chi connectivity index (χ3n) is 2.35. The summed E-state index contributed by atoms with van der Waals surface area (Å²) in [4.78, 5) is 17.0. The zero-order valence-electron chi connectivity index (χ0n) is 9.53. The molecule has 1 heterocycles. The molecule has 1 amide bonds. The number of nitrogens with one attached hydrogen (secondary N) is 1. The van der Waals surface area contributed by atoms with E-state index in [0.29, 0.717) is 18.1 Å². The highest BCUT2D eigenvalue weighted by Crippen LogP contribution is 2.12. The van der Waals surface area contributed by atoms with Gasteiger partial charge in [-0.05, 0) is 18.6 Å². The molecule has 0 bridgehead atoms. The van der Waals surface area contributed by atoms with Crippen molar-refractivity contribution in [1.29, 1.82) is 0 Å². The van der Waals surface area contributed by atoms with Crippen molar-refractivity contribution < 1.29 is 4.79 Å². The van der Waals surface area contributed by atoms with E-state index in [2.05, 4.69) is 10.3 Å². The van der Waals surface area contributed by atoms with Crippen LogP contribution >= 0.6 is 11.6 Å². The zero-order valence-corrected chi connectivity index (χ0v) is 10.3. The average molecular weight is 242 g/mol. The fraction of sp³-hybridized carbons (Fsp3) is 0.455. The van der Waals surface area contributed by atoms with Gasteiger partial charge in [0.2, 0.25) is 5.91 Å². The summed E-state index contributed by atoms with van der Waals surface area (Å²) < 4.78 is 0. The van der Waals surface area contributed by atoms with Crippen molar-refractivity contribution in [2.45, 2.75) is 13.5 Å². The van der Waals surface area contributed by atoms with Gasteiger partial charge in [-0.2, -0.15) is 0 Å². The topological polar surface area (TPSA) is 45.2 Å². The normalized spacial score (nSPS) is 10.2. The molecule has 0 unspecified atom stereocenters. The predicted molar refractivity (Wildman–Crippen MR) is 64.3 cm³/mol. The van der Waals surface area contributed by atoms with E-state index in [0.717, 1.165) is 12.1 Å². The van der Waals surface area contributed by atoms with Crippen molar-refractivity contribution in [3.8, 4) is 0 Å². The van der Waals surface area contributed by atoms with Gasteiger partial charge in [0.15, 0.2) is 0 Å². The molecule has 0 aromatic carbocycles. The third-order valence-corrected chi connectivity index (χ3v) is 2.69. The number of nitrogens with zero attached hydrogens (tertiary/aromatic N) is 2. The first-order chi connectivity index (χ1) is 7.65. The summed E-state index contributed by atoms with van der Waals surface area (Å²) in [6, 6.07) is 1.84. The quantitative estimate of drug-likeness (QED) is 0.845. The molecule has 1 rings (SSSR count). The molecule has 1 aromatic heterocycles. The lowest BCUT2D eigenvalue weighted by atomic mass is 10.2. The number of hydrogen-bond acceptors (Lipinski definition) is 3. The van der Waals surface area contributed by atoms with Gasteiger partial charge in [0.05, 0.1) is 11.6 Å². The summed E-state index contributed by atoms with van der Waals surface area (Å²) in [6.07, 6.45) is 3.28. The maximum atomic E-state index is 11.5. The van der Waals surface area contributed by atoms with E-state index >= 15 is 0 Å². The van der Waals surface area contributed by atoms with E-state index in [1.165, 1.54) is 0 Å². The van der Waals surface area contributed by atoms with Gasteiger partial charge in [-0.3, -0.25) is 9.78 Å². The molecular formula is C11H16ClN3O. The summed E-state index contributed by atoms with van der Waals surface area (Å²) in [6.45, 7) is 3.56. The number of halogens is 1. The van der Waals surface area contributed by atoms with Crippen molar-refractivity contribution in [2.24, 2.45) is 0 Å². The molecule has 0 aliphatic rings. The SMILES string of the molecule is CCN(C)C(=O)CNCc1ccncc1Cl. The second-order valence-corrected chi connectivity index (χ2v) is 3.89. The Hall–Kier alpha value is -1.13. The van der Waals surface area contributed by atoms with Crippen molar-refractivity contribution in [2.75, 3.05) is 20.1 Å². The van der Waals surface area contributed by atoms with Gasteiger partial charge in [0.1, 0.15) is 0 Å². The van der Waals surface area contributed by atoms with E-state index in [1.807, 2.05) is 13.0 Å². The number of likely N-dealkylation sites (N-methyl/N-ethyl adjacent to an activating group) is 1. The first-order valence-corrected chi connectivity index (χ1v) is 5.56. The molecule has 0 spiro atoms. The van der Waals surface area contributed by atoms with E-state index in [1.54, 1.807) is 24.3 Å². The highest BCUT2D eigenvalue weighted by molar-refractivity contribution is 6.31. The van der Waals surface area contributed by atoms with Crippen LogP contribution in [-0.4, -0.2) is 35.9 Å². The largest absolute Gasteiger partial charge is 0.345 e. The Balaban J connectivity index is 2.36. The monoisotopic (exact) mass is 241 g/mol. The Kier molecular flexibility index (Phi) is 5.22. The van der Waals surface area contributed by atoms with E-state index in [9.17, 15) is 4.79 Å². The maximum Gasteiger partial charge on any atom is 0.236 e. The van der Waals surface area contributed by atoms with Gasteiger partial charge in [-0.15, -0.1) is 0 Å². The standard InChI is InChI=1S/C11H16ClN3O/c1-3-15(2)11(16)8-14-6-9-4-5-13-7-10(9)12/h4-5,7,14H,3,6,8H2,1-2H3. The molecule has 0 saturated heterocycles. The Morgan fingerprint density at radius 2 is 2.38 bits per heavy atom. The average Bonchev–Trinajstić information content (AvgIpc) is 2.30. The number of rotatable bonds is 5. The van der Waals surface area contributed by atoms with Gasteiger partial charge in [-0.25, -0.2) is 0 Å². The van der Waals surface area contributed by atoms with Crippen LogP contribution in [0.25, 0.3) is 0 Å². The smallest absolute Gasteiger partial charge is 0.236 e. The number of pyridine rings is 1. The van der Waals surface area contributed by atoms with Crippen LogP contribution in [0, 0.1) is 0 Å². The van der Waals surface area contributed by atoms with Crippen LogP contribution in [0.15, 0.2) is 18.5 Å². The van der Waals surface area contributed by atoms with Crippen molar-refractivity contribution >= 4 is 17.5 Å². The third kappa shape index (κ3) is 3.79. The molecular weight excluding hydrogens is 226 g/mol. The van der Waals surface area contributed by atoms with Gasteiger partial charge in [0, 0.05) is 32.5 Å². The summed E-state index contributed by atoms with van der Waals surface area (Å²) in [7, 11) is 1.78. The predicted octanol–water partition coefficient (Wildman–Crippen LogP) is 1.30. The summed E-state index contributed by atoms with van der Waals surface area (Å²) in [5.74, 6) is 0.0766.